The van der Waals surface area contributed by atoms with Gasteiger partial charge in [-0.15, -0.1) is 31.7 Å². The number of hydrogen-bond donors (Lipinski definition) is 1. The van der Waals surface area contributed by atoms with Crippen LogP contribution in [0.5, 0.6) is 5.75 Å². The first-order valence-corrected chi connectivity index (χ1v) is 11.6. The number of halogens is 1. The van der Waals surface area contributed by atoms with Crippen molar-refractivity contribution in [1.82, 2.24) is 20.4 Å². The van der Waals surface area contributed by atoms with Gasteiger partial charge < -0.3 is 9.52 Å². The second kappa shape index (κ2) is 8.37. The van der Waals surface area contributed by atoms with Gasteiger partial charge in [-0.2, -0.15) is 0 Å². The highest BCUT2D eigenvalue weighted by Gasteiger charge is 2.25. The zero-order valence-corrected chi connectivity index (χ0v) is 19.1. The summed E-state index contributed by atoms with van der Waals surface area (Å²) in [5.74, 6) is 0.589. The third-order valence-corrected chi connectivity index (χ3v) is 6.72. The van der Waals surface area contributed by atoms with Crippen LogP contribution in [0.1, 0.15) is 0 Å². The largest absolute Gasteiger partial charge is 0.505 e. The van der Waals surface area contributed by atoms with Crippen molar-refractivity contribution in [2.75, 3.05) is 0 Å². The first kappa shape index (κ1) is 20.5. The maximum atomic E-state index is 11.4. The molecular formula is C26H15ClN4O2S. The van der Waals surface area contributed by atoms with Crippen molar-refractivity contribution in [1.29, 1.82) is 0 Å². The molecule has 0 aliphatic carbocycles. The fourth-order valence-electron chi connectivity index (χ4n) is 3.82. The van der Waals surface area contributed by atoms with E-state index in [1.165, 1.54) is 11.3 Å². The summed E-state index contributed by atoms with van der Waals surface area (Å²) in [5.41, 5.74) is 4.06. The van der Waals surface area contributed by atoms with Crippen LogP contribution in [0.3, 0.4) is 0 Å². The third-order valence-electron chi connectivity index (χ3n) is 5.41. The SMILES string of the molecule is Oc1c(-c2nnc(-c3ccc(Cl)cc3)o2)sc2nnc(-c3ccccc3)c(-c3ccccc3)c12. The van der Waals surface area contributed by atoms with Crippen LogP contribution in [0.2, 0.25) is 5.02 Å². The predicted molar refractivity (Wildman–Crippen MR) is 134 cm³/mol. The van der Waals surface area contributed by atoms with E-state index < -0.39 is 0 Å². The summed E-state index contributed by atoms with van der Waals surface area (Å²) in [6.45, 7) is 0. The van der Waals surface area contributed by atoms with Crippen LogP contribution in [0, 0.1) is 0 Å². The molecule has 0 fully saturated rings. The van der Waals surface area contributed by atoms with Gasteiger partial charge in [0.2, 0.25) is 5.89 Å². The minimum Gasteiger partial charge on any atom is -0.505 e. The summed E-state index contributed by atoms with van der Waals surface area (Å²) in [4.78, 5) is 1.02. The molecule has 8 heteroatoms. The fourth-order valence-corrected chi connectivity index (χ4v) is 4.89. The molecule has 164 valence electrons. The highest BCUT2D eigenvalue weighted by atomic mass is 35.5. The lowest BCUT2D eigenvalue weighted by molar-refractivity contribution is 0.482. The van der Waals surface area contributed by atoms with Crippen LogP contribution in [-0.2, 0) is 0 Å². The van der Waals surface area contributed by atoms with Gasteiger partial charge in [0.1, 0.15) is 16.3 Å². The Morgan fingerprint density at radius 2 is 1.32 bits per heavy atom. The zero-order valence-electron chi connectivity index (χ0n) is 17.5. The number of nitrogens with zero attached hydrogens (tertiary/aromatic N) is 4. The maximum absolute atomic E-state index is 11.4. The molecule has 1 N–H and O–H groups in total. The fraction of sp³-hybridized carbons (Fsp3) is 0. The number of benzene rings is 3. The Bertz CT molecular complexity index is 1610. The van der Waals surface area contributed by atoms with Crippen LogP contribution >= 0.6 is 22.9 Å². The maximum Gasteiger partial charge on any atom is 0.262 e. The second-order valence-electron chi connectivity index (χ2n) is 7.53. The van der Waals surface area contributed by atoms with E-state index in [-0.39, 0.29) is 11.6 Å². The number of aromatic nitrogens is 4. The summed E-state index contributed by atoms with van der Waals surface area (Å²) in [6, 6.07) is 26.8. The summed E-state index contributed by atoms with van der Waals surface area (Å²) >= 11 is 7.24. The molecule has 3 aromatic heterocycles. The van der Waals surface area contributed by atoms with Crippen LogP contribution in [0.25, 0.3) is 54.8 Å². The van der Waals surface area contributed by atoms with Gasteiger partial charge in [-0.1, -0.05) is 72.3 Å². The second-order valence-corrected chi connectivity index (χ2v) is 8.97. The van der Waals surface area contributed by atoms with Gasteiger partial charge in [-0.05, 0) is 29.8 Å². The van der Waals surface area contributed by atoms with Crippen molar-refractivity contribution in [2.45, 2.75) is 0 Å². The normalized spacial score (nSPS) is 11.2. The van der Waals surface area contributed by atoms with Crippen molar-refractivity contribution < 1.29 is 9.52 Å². The van der Waals surface area contributed by atoms with Gasteiger partial charge in [-0.3, -0.25) is 0 Å². The molecule has 0 radical (unpaired) electrons. The van der Waals surface area contributed by atoms with E-state index in [4.69, 9.17) is 16.0 Å². The lowest BCUT2D eigenvalue weighted by Crippen LogP contribution is -1.93. The zero-order chi connectivity index (χ0) is 23.1. The Balaban J connectivity index is 1.55. The number of rotatable bonds is 4. The third kappa shape index (κ3) is 3.51. The number of aromatic hydroxyl groups is 1. The Hall–Kier alpha value is -4.07. The molecular weight excluding hydrogens is 468 g/mol. The van der Waals surface area contributed by atoms with E-state index in [2.05, 4.69) is 20.4 Å². The lowest BCUT2D eigenvalue weighted by Gasteiger charge is -2.10. The summed E-state index contributed by atoms with van der Waals surface area (Å²) in [5, 5.41) is 29.9. The summed E-state index contributed by atoms with van der Waals surface area (Å²) < 4.78 is 5.90. The van der Waals surface area contributed by atoms with Crippen molar-refractivity contribution in [2.24, 2.45) is 0 Å². The quantitative estimate of drug-likeness (QED) is 0.288. The Labute approximate surface area is 203 Å². The molecule has 0 aliphatic heterocycles. The van der Waals surface area contributed by atoms with Crippen molar-refractivity contribution in [3.63, 3.8) is 0 Å². The van der Waals surface area contributed by atoms with Gasteiger partial charge in [0.25, 0.3) is 5.89 Å². The van der Waals surface area contributed by atoms with E-state index in [1.54, 1.807) is 24.3 Å². The number of fused-ring (bicyclic) bond motifs is 1. The van der Waals surface area contributed by atoms with Crippen LogP contribution < -0.4 is 0 Å². The monoisotopic (exact) mass is 482 g/mol. The van der Waals surface area contributed by atoms with Crippen molar-refractivity contribution >= 4 is 33.2 Å². The number of thiophene rings is 1. The Kier molecular flexibility index (Phi) is 5.05. The van der Waals surface area contributed by atoms with Crippen LogP contribution in [0.4, 0.5) is 0 Å². The molecule has 34 heavy (non-hydrogen) atoms. The molecule has 6 aromatic rings. The number of hydrogen-bond acceptors (Lipinski definition) is 7. The molecule has 0 spiro atoms. The molecule has 0 saturated carbocycles. The van der Waals surface area contributed by atoms with E-state index in [0.717, 1.165) is 22.3 Å². The summed E-state index contributed by atoms with van der Waals surface area (Å²) in [6.07, 6.45) is 0. The van der Waals surface area contributed by atoms with Crippen LogP contribution in [-0.4, -0.2) is 25.5 Å². The molecule has 6 rings (SSSR count). The van der Waals surface area contributed by atoms with Gasteiger partial charge in [0.05, 0.1) is 5.39 Å². The van der Waals surface area contributed by atoms with E-state index in [0.29, 0.717) is 31.7 Å². The molecule has 0 amide bonds. The average Bonchev–Trinajstić information content (AvgIpc) is 3.50. The minimum absolute atomic E-state index is 0.0391. The topological polar surface area (TPSA) is 84.9 Å². The van der Waals surface area contributed by atoms with Crippen molar-refractivity contribution in [3.8, 4) is 50.4 Å². The van der Waals surface area contributed by atoms with E-state index in [1.807, 2.05) is 60.7 Å². The van der Waals surface area contributed by atoms with E-state index in [9.17, 15) is 5.11 Å². The highest BCUT2D eigenvalue weighted by molar-refractivity contribution is 7.22. The van der Waals surface area contributed by atoms with Gasteiger partial charge in [0, 0.05) is 21.7 Å². The first-order chi connectivity index (χ1) is 16.7. The molecule has 3 aromatic carbocycles. The lowest BCUT2D eigenvalue weighted by atomic mass is 9.97. The van der Waals surface area contributed by atoms with Gasteiger partial charge in [0.15, 0.2) is 4.83 Å². The highest BCUT2D eigenvalue weighted by Crippen LogP contribution is 2.48. The summed E-state index contributed by atoms with van der Waals surface area (Å²) in [7, 11) is 0. The smallest absolute Gasteiger partial charge is 0.262 e. The molecule has 0 unspecified atom stereocenters. The average molecular weight is 483 g/mol. The Morgan fingerprint density at radius 3 is 2.03 bits per heavy atom. The standard InChI is InChI=1S/C26H15ClN4O2S/c27-18-13-11-17(12-14-18)24-29-30-25(33-24)23-22(32)20-19(15-7-3-1-4-8-15)21(28-31-26(20)34-23)16-9-5-2-6-10-16/h1-14,32H. The van der Waals surface area contributed by atoms with Gasteiger partial charge in [-0.25, -0.2) is 0 Å². The molecule has 0 aliphatic rings. The molecule has 0 bridgehead atoms. The first-order valence-electron chi connectivity index (χ1n) is 10.4. The molecule has 6 nitrogen and oxygen atoms in total. The predicted octanol–water partition coefficient (Wildman–Crippen LogP) is 7.10. The van der Waals surface area contributed by atoms with E-state index >= 15 is 0 Å². The molecule has 0 saturated heterocycles. The minimum atomic E-state index is 0.0391. The van der Waals surface area contributed by atoms with Crippen LogP contribution in [0.15, 0.2) is 89.3 Å². The van der Waals surface area contributed by atoms with Gasteiger partial charge >= 0.3 is 0 Å². The Morgan fingerprint density at radius 1 is 0.676 bits per heavy atom. The van der Waals surface area contributed by atoms with Crippen molar-refractivity contribution in [3.05, 3.63) is 90.0 Å². The molecule has 0 atom stereocenters. The molecule has 3 heterocycles.